The number of aromatic nitrogens is 3. The molecule has 0 radical (unpaired) electrons. The number of oxazole rings is 1. The Balaban J connectivity index is 1.41. The molecule has 0 spiro atoms. The van der Waals surface area contributed by atoms with Gasteiger partial charge in [0.2, 0.25) is 5.91 Å². The van der Waals surface area contributed by atoms with Crippen LogP contribution < -0.4 is 5.32 Å². The van der Waals surface area contributed by atoms with E-state index in [1.165, 1.54) is 23.1 Å². The van der Waals surface area contributed by atoms with Gasteiger partial charge in [-0.05, 0) is 37.3 Å². The van der Waals surface area contributed by atoms with E-state index in [1.54, 1.807) is 25.1 Å². The number of anilines is 1. The Labute approximate surface area is 181 Å². The normalized spacial score (nSPS) is 11.0. The maximum absolute atomic E-state index is 14.0. The van der Waals surface area contributed by atoms with Gasteiger partial charge in [-0.3, -0.25) is 4.79 Å². The monoisotopic (exact) mass is 440 g/mol. The third-order valence-electron chi connectivity index (χ3n) is 4.87. The molecular weight excluding hydrogens is 421 g/mol. The molecule has 6 nitrogen and oxygen atoms in total. The molecule has 0 atom stereocenters. The molecule has 32 heavy (non-hydrogen) atoms. The van der Waals surface area contributed by atoms with Gasteiger partial charge in [0.25, 0.3) is 0 Å². The van der Waals surface area contributed by atoms with E-state index in [0.717, 1.165) is 18.2 Å². The summed E-state index contributed by atoms with van der Waals surface area (Å²) in [6.07, 6.45) is 3.20. The molecule has 164 valence electrons. The predicted molar refractivity (Wildman–Crippen MR) is 111 cm³/mol. The third-order valence-corrected chi connectivity index (χ3v) is 4.87. The van der Waals surface area contributed by atoms with Gasteiger partial charge < -0.3 is 9.73 Å². The minimum absolute atomic E-state index is 0.0429. The predicted octanol–water partition coefficient (Wildman–Crippen LogP) is 4.88. The SMILES string of the molecule is Cc1cnn(Cc2cc(F)ccc2F)c1NC(=O)CCc1ncc(-c2ccccc2F)o1. The second-order valence-corrected chi connectivity index (χ2v) is 7.22. The number of carbonyl (C=O) groups excluding carboxylic acids is 1. The van der Waals surface area contributed by atoms with E-state index in [1.807, 2.05) is 0 Å². The number of aryl methyl sites for hydroxylation is 2. The molecule has 0 bridgehead atoms. The lowest BCUT2D eigenvalue weighted by atomic mass is 10.2. The van der Waals surface area contributed by atoms with Gasteiger partial charge in [-0.1, -0.05) is 12.1 Å². The van der Waals surface area contributed by atoms with E-state index in [4.69, 9.17) is 4.42 Å². The minimum atomic E-state index is -0.564. The van der Waals surface area contributed by atoms with E-state index >= 15 is 0 Å². The van der Waals surface area contributed by atoms with Crippen LogP contribution in [-0.2, 0) is 17.8 Å². The summed E-state index contributed by atoms with van der Waals surface area (Å²) >= 11 is 0. The zero-order chi connectivity index (χ0) is 22.7. The van der Waals surface area contributed by atoms with Crippen LogP contribution in [0.5, 0.6) is 0 Å². The van der Waals surface area contributed by atoms with Crippen molar-refractivity contribution in [1.82, 2.24) is 14.8 Å². The molecule has 2 heterocycles. The smallest absolute Gasteiger partial charge is 0.226 e. The molecule has 4 rings (SSSR count). The fourth-order valence-corrected chi connectivity index (χ4v) is 3.21. The number of rotatable bonds is 7. The molecule has 0 saturated heterocycles. The van der Waals surface area contributed by atoms with Crippen molar-refractivity contribution in [3.05, 3.63) is 89.3 Å². The van der Waals surface area contributed by atoms with E-state index < -0.39 is 17.5 Å². The molecular formula is C23H19F3N4O2. The number of halogens is 3. The Hall–Kier alpha value is -3.88. The van der Waals surface area contributed by atoms with Gasteiger partial charge >= 0.3 is 0 Å². The van der Waals surface area contributed by atoms with Crippen molar-refractivity contribution in [3.63, 3.8) is 0 Å². The van der Waals surface area contributed by atoms with Crippen LogP contribution in [0.3, 0.4) is 0 Å². The molecule has 1 amide bonds. The van der Waals surface area contributed by atoms with Crippen LogP contribution >= 0.6 is 0 Å². The number of benzene rings is 2. The van der Waals surface area contributed by atoms with Gasteiger partial charge in [-0.2, -0.15) is 5.10 Å². The Kier molecular flexibility index (Phi) is 6.07. The van der Waals surface area contributed by atoms with E-state index in [9.17, 15) is 18.0 Å². The summed E-state index contributed by atoms with van der Waals surface area (Å²) in [5.41, 5.74) is 1.08. The summed E-state index contributed by atoms with van der Waals surface area (Å²) in [7, 11) is 0. The first-order valence-electron chi connectivity index (χ1n) is 9.86. The average Bonchev–Trinajstić information content (AvgIpc) is 3.37. The van der Waals surface area contributed by atoms with Crippen molar-refractivity contribution >= 4 is 11.7 Å². The maximum Gasteiger partial charge on any atom is 0.226 e. The van der Waals surface area contributed by atoms with Crippen molar-refractivity contribution in [3.8, 4) is 11.3 Å². The molecule has 4 aromatic rings. The summed E-state index contributed by atoms with van der Waals surface area (Å²) in [5.74, 6) is -0.914. The largest absolute Gasteiger partial charge is 0.441 e. The van der Waals surface area contributed by atoms with Crippen LogP contribution in [0.4, 0.5) is 19.0 Å². The first-order chi connectivity index (χ1) is 15.4. The van der Waals surface area contributed by atoms with Crippen molar-refractivity contribution in [2.45, 2.75) is 26.3 Å². The maximum atomic E-state index is 14.0. The van der Waals surface area contributed by atoms with Crippen LogP contribution in [0.1, 0.15) is 23.4 Å². The van der Waals surface area contributed by atoms with E-state index in [0.29, 0.717) is 22.8 Å². The van der Waals surface area contributed by atoms with Crippen LogP contribution in [-0.4, -0.2) is 20.7 Å². The van der Waals surface area contributed by atoms with Gasteiger partial charge in [0.15, 0.2) is 11.7 Å². The fourth-order valence-electron chi connectivity index (χ4n) is 3.21. The fraction of sp³-hybridized carbons (Fsp3) is 0.174. The van der Waals surface area contributed by atoms with Gasteiger partial charge in [-0.15, -0.1) is 0 Å². The standard InChI is InChI=1S/C23H19F3N4O2/c1-14-11-28-30(13-15-10-16(24)6-7-18(15)25)23(14)29-21(31)8-9-22-27-12-20(32-22)17-4-2-3-5-19(17)26/h2-7,10-12H,8-9,13H2,1H3,(H,29,31). The van der Waals surface area contributed by atoms with Crippen LogP contribution in [0.25, 0.3) is 11.3 Å². The molecule has 0 aliphatic carbocycles. The lowest BCUT2D eigenvalue weighted by Gasteiger charge is -2.11. The van der Waals surface area contributed by atoms with Crippen molar-refractivity contribution < 1.29 is 22.4 Å². The van der Waals surface area contributed by atoms with Crippen LogP contribution in [0, 0.1) is 24.4 Å². The summed E-state index contributed by atoms with van der Waals surface area (Å²) in [4.78, 5) is 16.6. The highest BCUT2D eigenvalue weighted by atomic mass is 19.1. The second kappa shape index (κ2) is 9.09. The van der Waals surface area contributed by atoms with Gasteiger partial charge in [0, 0.05) is 24.0 Å². The summed E-state index contributed by atoms with van der Waals surface area (Å²) in [6.45, 7) is 1.70. The van der Waals surface area contributed by atoms with Crippen molar-refractivity contribution in [2.75, 3.05) is 5.32 Å². The number of amides is 1. The lowest BCUT2D eigenvalue weighted by molar-refractivity contribution is -0.116. The topological polar surface area (TPSA) is 73.0 Å². The second-order valence-electron chi connectivity index (χ2n) is 7.22. The molecule has 0 unspecified atom stereocenters. The molecule has 1 N–H and O–H groups in total. The highest BCUT2D eigenvalue weighted by Crippen LogP contribution is 2.24. The highest BCUT2D eigenvalue weighted by Gasteiger charge is 2.15. The molecule has 2 aromatic carbocycles. The number of nitrogens with one attached hydrogen (secondary N) is 1. The summed E-state index contributed by atoms with van der Waals surface area (Å²) < 4.78 is 48.3. The first-order valence-corrected chi connectivity index (χ1v) is 9.86. The van der Waals surface area contributed by atoms with Gasteiger partial charge in [-0.25, -0.2) is 22.8 Å². The zero-order valence-corrected chi connectivity index (χ0v) is 17.1. The molecule has 2 aromatic heterocycles. The zero-order valence-electron chi connectivity index (χ0n) is 17.1. The number of nitrogens with zero attached hydrogens (tertiary/aromatic N) is 3. The molecule has 9 heteroatoms. The Morgan fingerprint density at radius 2 is 1.91 bits per heavy atom. The third kappa shape index (κ3) is 4.72. The molecule has 0 fully saturated rings. The molecule has 0 aliphatic heterocycles. The summed E-state index contributed by atoms with van der Waals surface area (Å²) in [5, 5.41) is 6.89. The van der Waals surface area contributed by atoms with Crippen LogP contribution in [0.15, 0.2) is 59.3 Å². The first kappa shape index (κ1) is 21.4. The van der Waals surface area contributed by atoms with E-state index in [2.05, 4.69) is 15.4 Å². The van der Waals surface area contributed by atoms with Gasteiger partial charge in [0.1, 0.15) is 23.3 Å². The quantitative estimate of drug-likeness (QED) is 0.444. The minimum Gasteiger partial charge on any atom is -0.441 e. The lowest BCUT2D eigenvalue weighted by Crippen LogP contribution is -2.17. The van der Waals surface area contributed by atoms with Gasteiger partial charge in [0.05, 0.1) is 24.5 Å². The Morgan fingerprint density at radius 3 is 2.72 bits per heavy atom. The highest BCUT2D eigenvalue weighted by molar-refractivity contribution is 5.90. The number of hydrogen-bond acceptors (Lipinski definition) is 4. The van der Waals surface area contributed by atoms with Crippen molar-refractivity contribution in [1.29, 1.82) is 0 Å². The molecule has 0 saturated carbocycles. The van der Waals surface area contributed by atoms with Crippen molar-refractivity contribution in [2.24, 2.45) is 0 Å². The van der Waals surface area contributed by atoms with E-state index in [-0.39, 0.29) is 36.6 Å². The number of hydrogen-bond donors (Lipinski definition) is 1. The Morgan fingerprint density at radius 1 is 1.09 bits per heavy atom. The Bertz CT molecular complexity index is 1270. The number of carbonyl (C=O) groups is 1. The molecule has 0 aliphatic rings. The average molecular weight is 440 g/mol. The van der Waals surface area contributed by atoms with Crippen LogP contribution in [0.2, 0.25) is 0 Å². The summed E-state index contributed by atoms with van der Waals surface area (Å²) in [6, 6.07) is 9.35.